The summed E-state index contributed by atoms with van der Waals surface area (Å²) >= 11 is 0. The van der Waals surface area contributed by atoms with Crippen LogP contribution in [0.1, 0.15) is 42.5 Å². The van der Waals surface area contributed by atoms with Crippen LogP contribution >= 0.6 is 0 Å². The summed E-state index contributed by atoms with van der Waals surface area (Å²) < 4.78 is 0. The van der Waals surface area contributed by atoms with Gasteiger partial charge in [-0.15, -0.1) is 0 Å². The molecular formula is C16H25N3O. The van der Waals surface area contributed by atoms with Gasteiger partial charge in [0.2, 0.25) is 0 Å². The lowest BCUT2D eigenvalue weighted by atomic mass is 9.93. The second kappa shape index (κ2) is 6.10. The van der Waals surface area contributed by atoms with E-state index in [9.17, 15) is 5.11 Å². The zero-order valence-electron chi connectivity index (χ0n) is 12.1. The molecule has 110 valence electrons. The minimum Gasteiger partial charge on any atom is -0.396 e. The van der Waals surface area contributed by atoms with E-state index in [4.69, 9.17) is 10.7 Å². The van der Waals surface area contributed by atoms with E-state index in [-0.39, 0.29) is 0 Å². The standard InChI is InChI=1S/C16H25N3O/c17-10-14-9-13-3-1-2-4-15(13)18-16(14)19-7-5-12(11-20)6-8-19/h9,12,20H,1-8,10-11,17H2. The molecule has 2 heterocycles. The van der Waals surface area contributed by atoms with Crippen LogP contribution in [0, 0.1) is 5.92 Å². The maximum atomic E-state index is 9.25. The van der Waals surface area contributed by atoms with Crippen LogP contribution in [0.5, 0.6) is 0 Å². The number of hydrogen-bond acceptors (Lipinski definition) is 4. The Labute approximate surface area is 121 Å². The first kappa shape index (κ1) is 13.8. The fraction of sp³-hybridized carbons (Fsp3) is 0.688. The molecule has 0 radical (unpaired) electrons. The molecule has 20 heavy (non-hydrogen) atoms. The lowest BCUT2D eigenvalue weighted by Crippen LogP contribution is -2.36. The summed E-state index contributed by atoms with van der Waals surface area (Å²) in [7, 11) is 0. The molecule has 3 rings (SSSR count). The van der Waals surface area contributed by atoms with Crippen molar-refractivity contribution in [2.75, 3.05) is 24.6 Å². The third kappa shape index (κ3) is 2.67. The van der Waals surface area contributed by atoms with Gasteiger partial charge >= 0.3 is 0 Å². The number of anilines is 1. The Balaban J connectivity index is 1.85. The summed E-state index contributed by atoms with van der Waals surface area (Å²) in [4.78, 5) is 7.31. The summed E-state index contributed by atoms with van der Waals surface area (Å²) in [6.07, 6.45) is 6.91. The number of aryl methyl sites for hydroxylation is 2. The number of aliphatic hydroxyl groups excluding tert-OH is 1. The smallest absolute Gasteiger partial charge is 0.133 e. The Morgan fingerprint density at radius 3 is 2.70 bits per heavy atom. The minimum absolute atomic E-state index is 0.315. The number of fused-ring (bicyclic) bond motifs is 1. The maximum absolute atomic E-state index is 9.25. The Hall–Kier alpha value is -1.13. The number of pyridine rings is 1. The predicted octanol–water partition coefficient (Wildman–Crippen LogP) is 1.63. The summed E-state index contributed by atoms with van der Waals surface area (Å²) in [6, 6.07) is 2.29. The van der Waals surface area contributed by atoms with E-state index in [0.717, 1.165) is 44.6 Å². The van der Waals surface area contributed by atoms with Crippen molar-refractivity contribution in [3.05, 3.63) is 22.9 Å². The molecule has 1 aromatic heterocycles. The molecule has 0 unspecified atom stereocenters. The van der Waals surface area contributed by atoms with Crippen LogP contribution in [0.4, 0.5) is 5.82 Å². The molecule has 1 aliphatic heterocycles. The number of aromatic nitrogens is 1. The number of nitrogens with two attached hydrogens (primary N) is 1. The Morgan fingerprint density at radius 1 is 1.25 bits per heavy atom. The van der Waals surface area contributed by atoms with Gasteiger partial charge in [-0.05, 0) is 56.1 Å². The monoisotopic (exact) mass is 275 g/mol. The van der Waals surface area contributed by atoms with Gasteiger partial charge in [0.15, 0.2) is 0 Å². The zero-order valence-corrected chi connectivity index (χ0v) is 12.1. The molecule has 1 fully saturated rings. The summed E-state index contributed by atoms with van der Waals surface area (Å²) in [5.74, 6) is 1.56. The van der Waals surface area contributed by atoms with E-state index >= 15 is 0 Å². The van der Waals surface area contributed by atoms with E-state index in [1.165, 1.54) is 29.7 Å². The molecule has 4 nitrogen and oxygen atoms in total. The fourth-order valence-electron chi connectivity index (χ4n) is 3.42. The van der Waals surface area contributed by atoms with Gasteiger partial charge < -0.3 is 15.7 Å². The van der Waals surface area contributed by atoms with Crippen molar-refractivity contribution in [3.8, 4) is 0 Å². The Morgan fingerprint density at radius 2 is 2.00 bits per heavy atom. The van der Waals surface area contributed by atoms with Gasteiger partial charge in [0.25, 0.3) is 0 Å². The van der Waals surface area contributed by atoms with E-state index in [1.54, 1.807) is 0 Å². The summed E-state index contributed by atoms with van der Waals surface area (Å²) in [5, 5.41) is 9.25. The molecule has 0 atom stereocenters. The number of piperidine rings is 1. The summed E-state index contributed by atoms with van der Waals surface area (Å²) in [6.45, 7) is 2.86. The average molecular weight is 275 g/mol. The van der Waals surface area contributed by atoms with Crippen LogP contribution in [0.25, 0.3) is 0 Å². The Kier molecular flexibility index (Phi) is 4.22. The van der Waals surface area contributed by atoms with Crippen molar-refractivity contribution in [1.82, 2.24) is 4.98 Å². The molecule has 0 bridgehead atoms. The first-order chi connectivity index (χ1) is 9.81. The highest BCUT2D eigenvalue weighted by Gasteiger charge is 2.23. The second-order valence-corrected chi connectivity index (χ2v) is 6.10. The predicted molar refractivity (Wildman–Crippen MR) is 80.8 cm³/mol. The first-order valence-electron chi connectivity index (χ1n) is 7.89. The van der Waals surface area contributed by atoms with Crippen LogP contribution in [-0.4, -0.2) is 29.8 Å². The molecule has 4 heteroatoms. The maximum Gasteiger partial charge on any atom is 0.133 e. The molecule has 0 amide bonds. The van der Waals surface area contributed by atoms with Crippen LogP contribution in [0.3, 0.4) is 0 Å². The first-order valence-corrected chi connectivity index (χ1v) is 7.89. The highest BCUT2D eigenvalue weighted by Crippen LogP contribution is 2.29. The van der Waals surface area contributed by atoms with Gasteiger partial charge in [-0.1, -0.05) is 0 Å². The number of rotatable bonds is 3. The Bertz CT molecular complexity index is 467. The third-order valence-corrected chi connectivity index (χ3v) is 4.75. The lowest BCUT2D eigenvalue weighted by Gasteiger charge is -2.34. The lowest BCUT2D eigenvalue weighted by molar-refractivity contribution is 0.202. The van der Waals surface area contributed by atoms with Crippen LogP contribution in [-0.2, 0) is 19.4 Å². The van der Waals surface area contributed by atoms with Crippen molar-refractivity contribution in [2.45, 2.75) is 45.1 Å². The SMILES string of the molecule is NCc1cc2c(nc1N1CCC(CO)CC1)CCCC2. The van der Waals surface area contributed by atoms with Gasteiger partial charge in [-0.2, -0.15) is 0 Å². The van der Waals surface area contributed by atoms with Gasteiger partial charge in [-0.25, -0.2) is 4.98 Å². The zero-order chi connectivity index (χ0) is 13.9. The molecular weight excluding hydrogens is 250 g/mol. The molecule has 3 N–H and O–H groups in total. The molecule has 2 aliphatic rings. The largest absolute Gasteiger partial charge is 0.396 e. The normalized spacial score (nSPS) is 20.0. The molecule has 1 saturated heterocycles. The van der Waals surface area contributed by atoms with Crippen molar-refractivity contribution in [1.29, 1.82) is 0 Å². The molecule has 1 aliphatic carbocycles. The quantitative estimate of drug-likeness (QED) is 0.880. The molecule has 0 aromatic carbocycles. The van der Waals surface area contributed by atoms with E-state index in [0.29, 0.717) is 19.1 Å². The number of nitrogens with zero attached hydrogens (tertiary/aromatic N) is 2. The molecule has 1 aromatic rings. The fourth-order valence-corrected chi connectivity index (χ4v) is 3.42. The summed E-state index contributed by atoms with van der Waals surface area (Å²) in [5.41, 5.74) is 9.82. The second-order valence-electron chi connectivity index (χ2n) is 6.10. The van der Waals surface area contributed by atoms with Gasteiger partial charge in [0.05, 0.1) is 0 Å². The minimum atomic E-state index is 0.315. The van der Waals surface area contributed by atoms with Crippen LogP contribution in [0.2, 0.25) is 0 Å². The number of hydrogen-bond donors (Lipinski definition) is 2. The van der Waals surface area contributed by atoms with E-state index < -0.39 is 0 Å². The van der Waals surface area contributed by atoms with Gasteiger partial charge in [-0.3, -0.25) is 0 Å². The van der Waals surface area contributed by atoms with Crippen molar-refractivity contribution in [3.63, 3.8) is 0 Å². The average Bonchev–Trinajstić information content (AvgIpc) is 2.53. The van der Waals surface area contributed by atoms with Crippen LogP contribution < -0.4 is 10.6 Å². The third-order valence-electron chi connectivity index (χ3n) is 4.75. The highest BCUT2D eigenvalue weighted by molar-refractivity contribution is 5.51. The van der Waals surface area contributed by atoms with E-state index in [1.807, 2.05) is 0 Å². The van der Waals surface area contributed by atoms with Crippen molar-refractivity contribution < 1.29 is 5.11 Å². The molecule has 0 spiro atoms. The van der Waals surface area contributed by atoms with Gasteiger partial charge in [0, 0.05) is 37.5 Å². The van der Waals surface area contributed by atoms with E-state index in [2.05, 4.69) is 11.0 Å². The van der Waals surface area contributed by atoms with Gasteiger partial charge in [0.1, 0.15) is 5.82 Å². The number of aliphatic hydroxyl groups is 1. The van der Waals surface area contributed by atoms with Crippen molar-refractivity contribution >= 4 is 5.82 Å². The highest BCUT2D eigenvalue weighted by atomic mass is 16.3. The van der Waals surface area contributed by atoms with Crippen molar-refractivity contribution in [2.24, 2.45) is 11.7 Å². The van der Waals surface area contributed by atoms with Crippen LogP contribution in [0.15, 0.2) is 6.07 Å². The molecule has 0 saturated carbocycles. The topological polar surface area (TPSA) is 62.4 Å².